The summed E-state index contributed by atoms with van der Waals surface area (Å²) in [5.74, 6) is -1.71. The van der Waals surface area contributed by atoms with E-state index >= 15 is 0 Å². The molecule has 134 valence electrons. The first kappa shape index (κ1) is 19.5. The lowest BCUT2D eigenvalue weighted by molar-refractivity contribution is -0.305. The fraction of sp³-hybridized carbons (Fsp3) is 0.389. The number of rotatable bonds is 8. The Hall–Kier alpha value is -1.86. The predicted molar refractivity (Wildman–Crippen MR) is 104 cm³/mol. The molecule has 1 fully saturated rings. The van der Waals surface area contributed by atoms with Crippen molar-refractivity contribution in [1.82, 2.24) is 4.90 Å². The lowest BCUT2D eigenvalue weighted by atomic mass is 10.1. The largest absolute Gasteiger partial charge is 0.548 e. The van der Waals surface area contributed by atoms with Crippen molar-refractivity contribution < 1.29 is 14.7 Å². The molecule has 0 radical (unpaired) electrons. The summed E-state index contributed by atoms with van der Waals surface area (Å²) in [6.07, 6.45) is 3.91. The Morgan fingerprint density at radius 1 is 1.24 bits per heavy atom. The van der Waals surface area contributed by atoms with Crippen LogP contribution in [0.2, 0.25) is 0 Å². The monoisotopic (exact) mass is 377 g/mol. The molecule has 0 N–H and O–H groups in total. The van der Waals surface area contributed by atoms with Gasteiger partial charge in [0.25, 0.3) is 5.91 Å². The third-order valence-electron chi connectivity index (χ3n) is 3.70. The van der Waals surface area contributed by atoms with Crippen LogP contribution in [0.5, 0.6) is 0 Å². The number of hydrogen-bond acceptors (Lipinski definition) is 6. The van der Waals surface area contributed by atoms with Gasteiger partial charge in [-0.3, -0.25) is 9.69 Å². The molecule has 0 bridgehead atoms. The highest BCUT2D eigenvalue weighted by Gasteiger charge is 2.31. The van der Waals surface area contributed by atoms with Gasteiger partial charge in [0.05, 0.1) is 17.4 Å². The first-order valence-electron chi connectivity index (χ1n) is 8.26. The number of amides is 1. The van der Waals surface area contributed by atoms with Gasteiger partial charge in [-0.25, -0.2) is 0 Å². The molecule has 1 saturated heterocycles. The molecule has 1 aliphatic rings. The molecule has 1 aromatic carbocycles. The van der Waals surface area contributed by atoms with Gasteiger partial charge in [-0.1, -0.05) is 50.0 Å². The number of hydrogen-bond donors (Lipinski definition) is 0. The second kappa shape index (κ2) is 9.01. The fourth-order valence-corrected chi connectivity index (χ4v) is 3.86. The zero-order valence-corrected chi connectivity index (χ0v) is 16.0. The Balaban J connectivity index is 2.15. The van der Waals surface area contributed by atoms with E-state index in [9.17, 15) is 14.7 Å². The maximum absolute atomic E-state index is 12.3. The topological polar surface area (TPSA) is 63.7 Å². The number of carboxylic acids is 1. The Labute approximate surface area is 157 Å². The molecular weight excluding hydrogens is 356 g/mol. The molecule has 7 heteroatoms. The van der Waals surface area contributed by atoms with Crippen molar-refractivity contribution in [2.45, 2.75) is 26.7 Å². The van der Waals surface area contributed by atoms with E-state index in [1.165, 1.54) is 0 Å². The van der Waals surface area contributed by atoms with Crippen LogP contribution in [0.1, 0.15) is 32.3 Å². The third-order valence-corrected chi connectivity index (χ3v) is 5.08. The zero-order valence-electron chi connectivity index (χ0n) is 14.4. The van der Waals surface area contributed by atoms with Crippen molar-refractivity contribution >= 4 is 51.9 Å². The van der Waals surface area contributed by atoms with Gasteiger partial charge in [0.1, 0.15) is 4.32 Å². The number of benzene rings is 1. The van der Waals surface area contributed by atoms with Gasteiger partial charge in [0.2, 0.25) is 0 Å². The quantitative estimate of drug-likeness (QED) is 0.512. The van der Waals surface area contributed by atoms with Crippen LogP contribution in [-0.4, -0.2) is 40.7 Å². The third kappa shape index (κ3) is 5.06. The van der Waals surface area contributed by atoms with Crippen molar-refractivity contribution in [3.8, 4) is 0 Å². The molecule has 2 rings (SSSR count). The van der Waals surface area contributed by atoms with Crippen molar-refractivity contribution in [2.75, 3.05) is 24.5 Å². The highest BCUT2D eigenvalue weighted by molar-refractivity contribution is 8.26. The van der Waals surface area contributed by atoms with Crippen LogP contribution >= 0.6 is 24.0 Å². The van der Waals surface area contributed by atoms with Crippen LogP contribution in [-0.2, 0) is 9.59 Å². The highest BCUT2D eigenvalue weighted by atomic mass is 32.2. The van der Waals surface area contributed by atoms with Gasteiger partial charge in [0, 0.05) is 18.8 Å². The van der Waals surface area contributed by atoms with Crippen LogP contribution in [0, 0.1) is 0 Å². The number of nitrogens with zero attached hydrogens (tertiary/aromatic N) is 2. The fourth-order valence-electron chi connectivity index (χ4n) is 2.61. The van der Waals surface area contributed by atoms with Gasteiger partial charge in [-0.05, 0) is 36.6 Å². The second-order valence-electron chi connectivity index (χ2n) is 5.72. The number of aliphatic carboxylic acids is 1. The van der Waals surface area contributed by atoms with E-state index in [2.05, 4.69) is 18.7 Å². The smallest absolute Gasteiger partial charge is 0.266 e. The summed E-state index contributed by atoms with van der Waals surface area (Å²) >= 11 is 6.18. The summed E-state index contributed by atoms with van der Waals surface area (Å²) in [5, 5.41) is 10.7. The summed E-state index contributed by atoms with van der Waals surface area (Å²) < 4.78 is 0.245. The second-order valence-corrected chi connectivity index (χ2v) is 7.39. The lowest BCUT2D eigenvalue weighted by Gasteiger charge is -2.23. The molecule has 1 amide bonds. The Bertz CT molecular complexity index is 680. The Morgan fingerprint density at radius 2 is 1.84 bits per heavy atom. The van der Waals surface area contributed by atoms with E-state index in [0.717, 1.165) is 53.8 Å². The number of carboxylic acid groups (broad SMARTS) is 1. The number of carbonyl (C=O) groups excluding carboxylic acids is 2. The van der Waals surface area contributed by atoms with Crippen LogP contribution < -0.4 is 10.0 Å². The van der Waals surface area contributed by atoms with Gasteiger partial charge in [-0.2, -0.15) is 0 Å². The first-order chi connectivity index (χ1) is 12.0. The average Bonchev–Trinajstić information content (AvgIpc) is 2.82. The number of thiocarbonyl (C=S) groups is 1. The van der Waals surface area contributed by atoms with E-state index in [0.29, 0.717) is 4.91 Å². The van der Waals surface area contributed by atoms with Crippen molar-refractivity contribution in [1.29, 1.82) is 0 Å². The molecule has 1 aromatic rings. The van der Waals surface area contributed by atoms with E-state index in [4.69, 9.17) is 12.2 Å². The van der Waals surface area contributed by atoms with Crippen LogP contribution in [0.25, 0.3) is 6.08 Å². The molecule has 1 aliphatic heterocycles. The molecule has 0 unspecified atom stereocenters. The van der Waals surface area contributed by atoms with E-state index < -0.39 is 12.5 Å². The van der Waals surface area contributed by atoms with Crippen molar-refractivity contribution in [2.24, 2.45) is 0 Å². The summed E-state index contributed by atoms with van der Waals surface area (Å²) in [6, 6.07) is 8.00. The molecule has 0 aromatic heterocycles. The Kier molecular flexibility index (Phi) is 7.01. The van der Waals surface area contributed by atoms with Gasteiger partial charge >= 0.3 is 0 Å². The Morgan fingerprint density at radius 3 is 2.36 bits per heavy atom. The SMILES string of the molecule is CCCN(CCC)c1ccc(/C=C2\SC(=S)N(CC(=O)[O-])C2=O)cc1. The summed E-state index contributed by atoms with van der Waals surface area (Å²) in [7, 11) is 0. The van der Waals surface area contributed by atoms with Gasteiger partial charge in [-0.15, -0.1) is 0 Å². The van der Waals surface area contributed by atoms with Crippen LogP contribution in [0.4, 0.5) is 5.69 Å². The molecule has 0 saturated carbocycles. The van der Waals surface area contributed by atoms with Crippen molar-refractivity contribution in [3.05, 3.63) is 34.7 Å². The molecular formula is C18H21N2O3S2-. The van der Waals surface area contributed by atoms with E-state index in [1.807, 2.05) is 24.3 Å². The summed E-state index contributed by atoms with van der Waals surface area (Å²) in [4.78, 5) is 26.8. The van der Waals surface area contributed by atoms with Crippen LogP contribution in [0.3, 0.4) is 0 Å². The van der Waals surface area contributed by atoms with E-state index in [1.54, 1.807) is 6.08 Å². The minimum Gasteiger partial charge on any atom is -0.548 e. The number of carbonyl (C=O) groups is 2. The molecule has 0 atom stereocenters. The standard InChI is InChI=1S/C18H22N2O3S2/c1-3-9-19(10-4-2)14-7-5-13(6-8-14)11-15-17(23)20(12-16(21)22)18(24)25-15/h5-8,11H,3-4,9-10,12H2,1-2H3,(H,21,22)/p-1/b15-11-. The minimum absolute atomic E-state index is 0.245. The van der Waals surface area contributed by atoms with Gasteiger partial charge in [0.15, 0.2) is 0 Å². The molecule has 25 heavy (non-hydrogen) atoms. The first-order valence-corrected chi connectivity index (χ1v) is 9.49. The van der Waals surface area contributed by atoms with Gasteiger partial charge < -0.3 is 14.8 Å². The molecule has 5 nitrogen and oxygen atoms in total. The summed E-state index contributed by atoms with van der Waals surface area (Å²) in [6.45, 7) is 5.82. The average molecular weight is 378 g/mol. The zero-order chi connectivity index (χ0) is 18.4. The molecule has 0 spiro atoms. The lowest BCUT2D eigenvalue weighted by Crippen LogP contribution is -2.40. The highest BCUT2D eigenvalue weighted by Crippen LogP contribution is 2.32. The number of thioether (sulfide) groups is 1. The van der Waals surface area contributed by atoms with E-state index in [-0.39, 0.29) is 10.2 Å². The molecule has 0 aliphatic carbocycles. The molecule has 1 heterocycles. The maximum Gasteiger partial charge on any atom is 0.266 e. The van der Waals surface area contributed by atoms with Crippen LogP contribution in [0.15, 0.2) is 29.2 Å². The number of anilines is 1. The maximum atomic E-state index is 12.3. The van der Waals surface area contributed by atoms with Crippen molar-refractivity contribution in [3.63, 3.8) is 0 Å². The predicted octanol–water partition coefficient (Wildman–Crippen LogP) is 2.26. The minimum atomic E-state index is -1.33. The summed E-state index contributed by atoms with van der Waals surface area (Å²) in [5.41, 5.74) is 2.04. The normalized spacial score (nSPS) is 15.9.